The van der Waals surface area contributed by atoms with Crippen molar-refractivity contribution in [3.8, 4) is 0 Å². The van der Waals surface area contributed by atoms with Crippen LogP contribution in [0, 0.1) is 5.41 Å². The molecular formula is C11H19NS. The predicted molar refractivity (Wildman–Crippen MR) is 60.1 cm³/mol. The van der Waals surface area contributed by atoms with Gasteiger partial charge in [-0.1, -0.05) is 27.7 Å². The van der Waals surface area contributed by atoms with Crippen LogP contribution in [0.2, 0.25) is 0 Å². The molecule has 1 atom stereocenters. The van der Waals surface area contributed by atoms with Crippen LogP contribution in [0.3, 0.4) is 0 Å². The third-order valence-corrected chi connectivity index (χ3v) is 3.42. The lowest BCUT2D eigenvalue weighted by molar-refractivity contribution is 0.330. The van der Waals surface area contributed by atoms with E-state index in [2.05, 4.69) is 39.1 Å². The Morgan fingerprint density at radius 2 is 2.08 bits per heavy atom. The summed E-state index contributed by atoms with van der Waals surface area (Å²) in [4.78, 5) is 1.36. The van der Waals surface area contributed by atoms with Crippen molar-refractivity contribution in [1.29, 1.82) is 0 Å². The second kappa shape index (κ2) is 3.81. The average molecular weight is 197 g/mol. The molecule has 74 valence electrons. The molecule has 0 aliphatic carbocycles. The number of thiophene rings is 1. The zero-order valence-corrected chi connectivity index (χ0v) is 9.74. The Labute approximate surface area is 85.0 Å². The zero-order chi connectivity index (χ0) is 10.1. The Balaban J connectivity index is 2.94. The molecule has 0 aliphatic rings. The van der Waals surface area contributed by atoms with Crippen LogP contribution in [-0.2, 0) is 6.42 Å². The summed E-state index contributed by atoms with van der Waals surface area (Å²) in [5.41, 5.74) is 7.77. The van der Waals surface area contributed by atoms with Crippen LogP contribution in [0.25, 0.3) is 0 Å². The molecular weight excluding hydrogens is 178 g/mol. The van der Waals surface area contributed by atoms with E-state index in [0.29, 0.717) is 0 Å². The summed E-state index contributed by atoms with van der Waals surface area (Å²) in [6, 6.07) is 2.36. The lowest BCUT2D eigenvalue weighted by atomic mass is 9.85. The largest absolute Gasteiger partial charge is 0.323 e. The minimum absolute atomic E-state index is 0.161. The SMILES string of the molecule is CCc1ccsc1C(N)C(C)(C)C. The van der Waals surface area contributed by atoms with Gasteiger partial charge in [0, 0.05) is 10.9 Å². The maximum atomic E-state index is 6.20. The second-order valence-electron chi connectivity index (χ2n) is 4.51. The van der Waals surface area contributed by atoms with E-state index in [1.165, 1.54) is 10.4 Å². The molecule has 2 N–H and O–H groups in total. The molecule has 0 saturated carbocycles. The van der Waals surface area contributed by atoms with E-state index in [1.807, 2.05) is 0 Å². The van der Waals surface area contributed by atoms with Gasteiger partial charge in [0.15, 0.2) is 0 Å². The maximum absolute atomic E-state index is 6.20. The Kier molecular flexibility index (Phi) is 3.14. The van der Waals surface area contributed by atoms with Crippen LogP contribution in [0.1, 0.15) is 44.2 Å². The van der Waals surface area contributed by atoms with Crippen molar-refractivity contribution in [3.05, 3.63) is 21.9 Å². The molecule has 1 rings (SSSR count). The summed E-state index contributed by atoms with van der Waals surface area (Å²) in [7, 11) is 0. The van der Waals surface area contributed by atoms with Gasteiger partial charge < -0.3 is 5.73 Å². The van der Waals surface area contributed by atoms with Crippen molar-refractivity contribution in [2.24, 2.45) is 11.1 Å². The normalized spacial score (nSPS) is 14.5. The molecule has 1 unspecified atom stereocenters. The van der Waals surface area contributed by atoms with Gasteiger partial charge in [0.25, 0.3) is 0 Å². The highest BCUT2D eigenvalue weighted by Crippen LogP contribution is 2.35. The Morgan fingerprint density at radius 3 is 2.54 bits per heavy atom. The van der Waals surface area contributed by atoms with Crippen molar-refractivity contribution < 1.29 is 0 Å². The molecule has 1 aromatic rings. The topological polar surface area (TPSA) is 26.0 Å². The predicted octanol–water partition coefficient (Wildman–Crippen LogP) is 3.36. The lowest BCUT2D eigenvalue weighted by Gasteiger charge is -2.27. The fraction of sp³-hybridized carbons (Fsp3) is 0.636. The molecule has 1 heterocycles. The minimum atomic E-state index is 0.161. The van der Waals surface area contributed by atoms with E-state index in [-0.39, 0.29) is 11.5 Å². The molecule has 0 amide bonds. The highest BCUT2D eigenvalue weighted by atomic mass is 32.1. The third kappa shape index (κ3) is 2.32. The summed E-state index contributed by atoms with van der Waals surface area (Å²) >= 11 is 1.78. The first-order valence-electron chi connectivity index (χ1n) is 4.78. The molecule has 1 aromatic heterocycles. The number of aryl methyl sites for hydroxylation is 1. The van der Waals surface area contributed by atoms with E-state index in [0.717, 1.165) is 6.42 Å². The van der Waals surface area contributed by atoms with Crippen molar-refractivity contribution >= 4 is 11.3 Å². The number of nitrogens with two attached hydrogens (primary N) is 1. The average Bonchev–Trinajstić information content (AvgIpc) is 2.48. The van der Waals surface area contributed by atoms with Gasteiger partial charge in [-0.3, -0.25) is 0 Å². The standard InChI is InChI=1S/C11H19NS/c1-5-8-6-7-13-9(8)10(12)11(2,3)4/h6-7,10H,5,12H2,1-4H3. The first-order valence-corrected chi connectivity index (χ1v) is 5.66. The van der Waals surface area contributed by atoms with Crippen LogP contribution >= 0.6 is 11.3 Å². The van der Waals surface area contributed by atoms with Gasteiger partial charge in [0.05, 0.1) is 0 Å². The van der Waals surface area contributed by atoms with Crippen LogP contribution in [-0.4, -0.2) is 0 Å². The van der Waals surface area contributed by atoms with Crippen molar-refractivity contribution in [2.75, 3.05) is 0 Å². The molecule has 0 aromatic carbocycles. The van der Waals surface area contributed by atoms with Crippen molar-refractivity contribution in [2.45, 2.75) is 40.2 Å². The van der Waals surface area contributed by atoms with Gasteiger partial charge in [-0.15, -0.1) is 11.3 Å². The van der Waals surface area contributed by atoms with Gasteiger partial charge in [0.2, 0.25) is 0 Å². The highest BCUT2D eigenvalue weighted by Gasteiger charge is 2.24. The smallest absolute Gasteiger partial charge is 0.0441 e. The van der Waals surface area contributed by atoms with Gasteiger partial charge in [-0.25, -0.2) is 0 Å². The summed E-state index contributed by atoms with van der Waals surface area (Å²) < 4.78 is 0. The van der Waals surface area contributed by atoms with Crippen LogP contribution in [0.5, 0.6) is 0 Å². The van der Waals surface area contributed by atoms with E-state index in [9.17, 15) is 0 Å². The molecule has 0 spiro atoms. The monoisotopic (exact) mass is 197 g/mol. The van der Waals surface area contributed by atoms with Crippen molar-refractivity contribution in [1.82, 2.24) is 0 Å². The molecule has 2 heteroatoms. The van der Waals surface area contributed by atoms with E-state index in [4.69, 9.17) is 5.73 Å². The van der Waals surface area contributed by atoms with Crippen molar-refractivity contribution in [3.63, 3.8) is 0 Å². The summed E-state index contributed by atoms with van der Waals surface area (Å²) in [6.07, 6.45) is 1.09. The van der Waals surface area contributed by atoms with Gasteiger partial charge >= 0.3 is 0 Å². The maximum Gasteiger partial charge on any atom is 0.0441 e. The Morgan fingerprint density at radius 1 is 1.46 bits per heavy atom. The Bertz CT molecular complexity index is 270. The molecule has 0 saturated heterocycles. The zero-order valence-electron chi connectivity index (χ0n) is 8.92. The quantitative estimate of drug-likeness (QED) is 0.773. The fourth-order valence-corrected chi connectivity index (χ4v) is 2.55. The molecule has 0 aliphatic heterocycles. The summed E-state index contributed by atoms with van der Waals surface area (Å²) in [5, 5.41) is 2.14. The van der Waals surface area contributed by atoms with Gasteiger partial charge in [-0.05, 0) is 28.8 Å². The molecule has 0 bridgehead atoms. The summed E-state index contributed by atoms with van der Waals surface area (Å²) in [5.74, 6) is 0. The first kappa shape index (κ1) is 10.7. The number of hydrogen-bond acceptors (Lipinski definition) is 2. The summed E-state index contributed by atoms with van der Waals surface area (Å²) in [6.45, 7) is 8.76. The van der Waals surface area contributed by atoms with E-state index < -0.39 is 0 Å². The van der Waals surface area contributed by atoms with Gasteiger partial charge in [0.1, 0.15) is 0 Å². The second-order valence-corrected chi connectivity index (χ2v) is 5.46. The van der Waals surface area contributed by atoms with E-state index in [1.54, 1.807) is 11.3 Å². The first-order chi connectivity index (χ1) is 5.96. The Hall–Kier alpha value is -0.340. The van der Waals surface area contributed by atoms with Crippen LogP contribution < -0.4 is 5.73 Å². The molecule has 1 nitrogen and oxygen atoms in total. The van der Waals surface area contributed by atoms with E-state index >= 15 is 0 Å². The molecule has 0 radical (unpaired) electrons. The molecule has 0 fully saturated rings. The number of rotatable bonds is 2. The highest BCUT2D eigenvalue weighted by molar-refractivity contribution is 7.10. The minimum Gasteiger partial charge on any atom is -0.323 e. The fourth-order valence-electron chi connectivity index (χ4n) is 1.31. The van der Waals surface area contributed by atoms with Crippen LogP contribution in [0.15, 0.2) is 11.4 Å². The lowest BCUT2D eigenvalue weighted by Crippen LogP contribution is -2.26. The van der Waals surface area contributed by atoms with Crippen LogP contribution in [0.4, 0.5) is 0 Å². The number of hydrogen-bond donors (Lipinski definition) is 1. The molecule has 13 heavy (non-hydrogen) atoms. The van der Waals surface area contributed by atoms with Gasteiger partial charge in [-0.2, -0.15) is 0 Å². The third-order valence-electron chi connectivity index (χ3n) is 2.38.